The van der Waals surface area contributed by atoms with Crippen LogP contribution in [0.4, 0.5) is 0 Å². The summed E-state index contributed by atoms with van der Waals surface area (Å²) in [7, 11) is -10.4. The maximum Gasteiger partial charge on any atom is 0.470 e. The zero-order valence-electron chi connectivity index (χ0n) is 79.3. The number of unbranched alkanes of at least 4 members (excludes halogenated alkanes) is 49. The maximum absolute atomic E-state index is 15.2. The van der Waals surface area contributed by atoms with Crippen LogP contribution in [-0.2, 0) is 80.1 Å². The van der Waals surface area contributed by atoms with Gasteiger partial charge in [0.05, 0.1) is 51.1 Å². The summed E-state index contributed by atoms with van der Waals surface area (Å²) in [4.78, 5) is 119. The van der Waals surface area contributed by atoms with Crippen molar-refractivity contribution < 1.29 is 115 Å². The highest BCUT2D eigenvalue weighted by Crippen LogP contribution is 2.44. The molecule has 15 atom stereocenters. The molecule has 2 saturated heterocycles. The zero-order chi connectivity index (χ0) is 91.8. The van der Waals surface area contributed by atoms with E-state index in [4.69, 9.17) is 42.2 Å². The highest BCUT2D eigenvalue weighted by atomic mass is 31.2. The second-order valence-electron chi connectivity index (χ2n) is 36.2. The largest absolute Gasteiger partial charge is 0.470 e. The van der Waals surface area contributed by atoms with Gasteiger partial charge >= 0.3 is 39.3 Å². The van der Waals surface area contributed by atoms with Crippen molar-refractivity contribution in [1.29, 1.82) is 0 Å². The minimum Gasteiger partial charge on any atom is -0.462 e. The molecule has 0 aromatic rings. The van der Waals surface area contributed by atoms with E-state index in [-0.39, 0.29) is 38.5 Å². The normalized spacial score (nSPS) is 20.7. The average molecular weight is 1820 g/mol. The van der Waals surface area contributed by atoms with Crippen molar-refractivity contribution in [2.24, 2.45) is 0 Å². The summed E-state index contributed by atoms with van der Waals surface area (Å²) in [5, 5.41) is 51.8. The summed E-state index contributed by atoms with van der Waals surface area (Å²) >= 11 is 0. The molecule has 0 aromatic carbocycles. The first kappa shape index (κ1) is 118. The number of carbonyl (C=O) groups is 6. The monoisotopic (exact) mass is 1820 g/mol. The number of rotatable bonds is 85. The van der Waals surface area contributed by atoms with Crippen LogP contribution in [0, 0.1) is 0 Å². The van der Waals surface area contributed by atoms with E-state index in [1.807, 2.05) is 0 Å². The molecular formula is C97H182N2O24P2. The van der Waals surface area contributed by atoms with E-state index in [1.165, 1.54) is 64.2 Å². The number of nitrogens with one attached hydrogen (secondary N) is 2. The summed E-state index contributed by atoms with van der Waals surface area (Å²) < 4.78 is 81.5. The second kappa shape index (κ2) is 77.0. The number of ether oxygens (including phenoxy) is 7. The highest BCUT2D eigenvalue weighted by Gasteiger charge is 2.55. The lowest BCUT2D eigenvalue weighted by Gasteiger charge is -2.47. The zero-order valence-corrected chi connectivity index (χ0v) is 81.1. The van der Waals surface area contributed by atoms with Gasteiger partial charge in [-0.05, 0) is 77.0 Å². The smallest absolute Gasteiger partial charge is 0.462 e. The van der Waals surface area contributed by atoms with Crippen LogP contribution in [0.25, 0.3) is 0 Å². The molecule has 125 heavy (non-hydrogen) atoms. The minimum atomic E-state index is -5.67. The number of aliphatic hydroxyl groups is 4. The molecule has 2 aliphatic rings. The number of allylic oxidation sites excluding steroid dienone is 2. The Morgan fingerprint density at radius 1 is 0.368 bits per heavy atom. The van der Waals surface area contributed by atoms with Crippen LogP contribution >= 0.6 is 15.4 Å². The Bertz CT molecular complexity index is 2800. The topological polar surface area (TPSA) is 385 Å². The van der Waals surface area contributed by atoms with Gasteiger partial charge in [0.2, 0.25) is 11.8 Å². The number of phosphoric ester groups is 1. The SMILES string of the molecule is CCCCCC/C=C\CCCCCCCC(=O)O[C@H](CCCCCCCCCCC)CC(=O)N[C@H]1C(OC(=O)C[C@@H](CCCCCCCCCCC)OC(=O)CCCCCCCCCCC)[C@H](OP(=O)(O)O)C(CO)O[C@H]1OCC1O[C@H](OP(C)(=O)O)[C@@H](NC(=O)C[C@H](O)CCCCCCCCCCC)C(OC(=O)C[C@H](O)CCCCCCCCCCC)[C@@H]1O. The molecule has 5 unspecified atom stereocenters. The first-order chi connectivity index (χ1) is 60.3. The van der Waals surface area contributed by atoms with Gasteiger partial charge in [-0.3, -0.25) is 42.4 Å². The van der Waals surface area contributed by atoms with Crippen LogP contribution in [0.2, 0.25) is 0 Å². The van der Waals surface area contributed by atoms with Crippen molar-refractivity contribution in [2.45, 2.75) is 551 Å². The van der Waals surface area contributed by atoms with Crippen LogP contribution in [0.5, 0.6) is 0 Å². The number of esters is 4. The van der Waals surface area contributed by atoms with Gasteiger partial charge in [0.1, 0.15) is 48.7 Å². The average Bonchev–Trinajstić information content (AvgIpc) is 0.777. The van der Waals surface area contributed by atoms with Crippen LogP contribution < -0.4 is 10.6 Å². The molecule has 0 spiro atoms. The van der Waals surface area contributed by atoms with Crippen LogP contribution in [0.15, 0.2) is 12.2 Å². The first-order valence-corrected chi connectivity index (χ1v) is 54.2. The Morgan fingerprint density at radius 2 is 0.688 bits per heavy atom. The van der Waals surface area contributed by atoms with Crippen molar-refractivity contribution in [3.63, 3.8) is 0 Å². The van der Waals surface area contributed by atoms with Gasteiger partial charge in [-0.2, -0.15) is 0 Å². The number of amides is 2. The van der Waals surface area contributed by atoms with E-state index >= 15 is 9.59 Å². The molecule has 734 valence electrons. The number of carbonyl (C=O) groups excluding carboxylic acids is 6. The molecule has 0 bridgehead atoms. The Labute approximate surface area is 756 Å². The number of hydrogen-bond donors (Lipinski definition) is 9. The molecular weight excluding hydrogens is 1640 g/mol. The van der Waals surface area contributed by atoms with Crippen molar-refractivity contribution in [3.8, 4) is 0 Å². The van der Waals surface area contributed by atoms with Gasteiger partial charge in [-0.1, -0.05) is 362 Å². The third kappa shape index (κ3) is 63.3. The molecule has 2 amide bonds. The predicted octanol–water partition coefficient (Wildman–Crippen LogP) is 21.9. The van der Waals surface area contributed by atoms with Crippen LogP contribution in [0.1, 0.15) is 465 Å². The maximum atomic E-state index is 15.2. The molecule has 0 saturated carbocycles. The Balaban J connectivity index is 2.84. The van der Waals surface area contributed by atoms with Gasteiger partial charge < -0.3 is 78.9 Å². The Hall–Kier alpha value is -3.46. The van der Waals surface area contributed by atoms with Crippen molar-refractivity contribution >= 4 is 51.1 Å². The van der Waals surface area contributed by atoms with Gasteiger partial charge in [-0.25, -0.2) is 4.57 Å². The lowest BCUT2D eigenvalue weighted by molar-refractivity contribution is -0.296. The molecule has 28 heteroatoms. The number of aliphatic hydroxyl groups excluding tert-OH is 4. The predicted molar refractivity (Wildman–Crippen MR) is 493 cm³/mol. The molecule has 2 rings (SSSR count). The second-order valence-corrected chi connectivity index (χ2v) is 39.2. The van der Waals surface area contributed by atoms with E-state index in [1.54, 1.807) is 0 Å². The van der Waals surface area contributed by atoms with Crippen molar-refractivity contribution in [3.05, 3.63) is 12.2 Å². The van der Waals surface area contributed by atoms with Crippen LogP contribution in [0.3, 0.4) is 0 Å². The first-order valence-electron chi connectivity index (χ1n) is 50.6. The summed E-state index contributed by atoms with van der Waals surface area (Å²) in [5.41, 5.74) is 0. The fraction of sp³-hybridized carbons (Fsp3) is 0.918. The third-order valence-corrected chi connectivity index (χ3v) is 25.2. The minimum absolute atomic E-state index is 0.0861. The van der Waals surface area contributed by atoms with E-state index in [0.717, 1.165) is 263 Å². The third-order valence-electron chi connectivity index (χ3n) is 24.1. The van der Waals surface area contributed by atoms with Crippen molar-refractivity contribution in [1.82, 2.24) is 10.6 Å². The fourth-order valence-electron chi connectivity index (χ4n) is 16.7. The van der Waals surface area contributed by atoms with Gasteiger partial charge in [0, 0.05) is 19.5 Å². The molecule has 26 nitrogen and oxygen atoms in total. The highest BCUT2D eigenvalue weighted by molar-refractivity contribution is 7.51. The molecule has 2 fully saturated rings. The quantitative estimate of drug-likeness (QED) is 0.00898. The molecule has 0 aromatic heterocycles. The van der Waals surface area contributed by atoms with E-state index in [9.17, 15) is 63.4 Å². The summed E-state index contributed by atoms with van der Waals surface area (Å²) in [6.07, 6.45) is 39.6. The Morgan fingerprint density at radius 3 is 1.08 bits per heavy atom. The van der Waals surface area contributed by atoms with E-state index < -0.39 is 176 Å². The lowest BCUT2D eigenvalue weighted by Crippen LogP contribution is -2.68. The van der Waals surface area contributed by atoms with Gasteiger partial charge in [-0.15, -0.1) is 0 Å². The summed E-state index contributed by atoms with van der Waals surface area (Å²) in [5.74, 6) is -4.84. The molecule has 0 radical (unpaired) electrons. The van der Waals surface area contributed by atoms with Crippen LogP contribution in [-0.4, -0.2) is 176 Å². The van der Waals surface area contributed by atoms with E-state index in [0.29, 0.717) is 38.5 Å². The Kier molecular flexibility index (Phi) is 72.5. The molecule has 0 aliphatic carbocycles. The number of hydrogen-bond acceptors (Lipinski definition) is 21. The fourth-order valence-corrected chi connectivity index (χ4v) is 17.8. The standard InChI is InChI=1S/C97H182N2O24P2/c1-8-14-20-26-32-38-39-40-41-47-53-59-64-70-86(105)116-80(68-62-56-50-44-35-29-23-17-11-4)74-85(104)99-91-95(121-89(108)75-81(69-63-57-51-45-36-30-24-18-12-5)117-87(106)71-65-58-52-46-37-31-25-19-13-6)93(122-125(112,113)114)82(76-100)118-96(91)115-77-83-92(109)94(120-88(107)73-79(102)67-61-55-49-43-34-28-22-16-10-3)90(97(119-83)123-124(7,110)111)98-84(103)72-78(101)66-60-54-48-42-33-27-21-15-9-2/h38-39,78-83,90-97,100-102,109H,8-37,40-77H2,1-7H3,(H,98,103)(H,99,104)(H,110,111)(H2,112,113,114)/b39-38-/t78-,79-,80-,81-,82?,83?,90+,91+,92-,93-,94?,95?,96-,97-/m1/s1. The van der Waals surface area contributed by atoms with Gasteiger partial charge in [0.25, 0.3) is 0 Å². The molecule has 2 heterocycles. The van der Waals surface area contributed by atoms with E-state index in [2.05, 4.69) is 64.3 Å². The van der Waals surface area contributed by atoms with Gasteiger partial charge in [0.15, 0.2) is 24.8 Å². The summed E-state index contributed by atoms with van der Waals surface area (Å²) in [6, 6.07) is -3.67. The molecule has 9 N–H and O–H groups in total. The molecule has 2 aliphatic heterocycles. The summed E-state index contributed by atoms with van der Waals surface area (Å²) in [6.45, 7) is 11.9. The van der Waals surface area contributed by atoms with Crippen molar-refractivity contribution in [2.75, 3.05) is 19.9 Å². The lowest BCUT2D eigenvalue weighted by atomic mass is 9.95. The number of phosphoric acid groups is 1.